The minimum atomic E-state index is -0.976. The minimum Gasteiger partial charge on any atom is -0.379 e. The molecule has 0 unspecified atom stereocenters. The van der Waals surface area contributed by atoms with Crippen molar-refractivity contribution in [2.75, 3.05) is 23.1 Å². The van der Waals surface area contributed by atoms with Gasteiger partial charge in [-0.1, -0.05) is 136 Å². The van der Waals surface area contributed by atoms with Gasteiger partial charge in [-0.15, -0.1) is 0 Å². The lowest BCUT2D eigenvalue weighted by Crippen LogP contribution is -2.55. The first-order valence-corrected chi connectivity index (χ1v) is 25.8. The molecule has 374 valence electrons. The maximum absolute atomic E-state index is 13.3. The fourth-order valence-corrected chi connectivity index (χ4v) is 12.7. The van der Waals surface area contributed by atoms with Crippen molar-refractivity contribution >= 4 is 122 Å². The molecular weight excluding hydrogens is 1060 g/mol. The minimum absolute atomic E-state index is 0.00999. The van der Waals surface area contributed by atoms with E-state index in [-0.39, 0.29) is 78.5 Å². The van der Waals surface area contributed by atoms with E-state index in [9.17, 15) is 28.8 Å². The van der Waals surface area contributed by atoms with E-state index in [0.717, 1.165) is 33.4 Å². The highest BCUT2D eigenvalue weighted by Gasteiger charge is 2.61. The van der Waals surface area contributed by atoms with E-state index in [4.69, 9.17) is 74.3 Å². The number of hydrogen-bond donors (Lipinski definition) is 3. The van der Waals surface area contributed by atoms with Crippen molar-refractivity contribution in [1.82, 2.24) is 0 Å². The van der Waals surface area contributed by atoms with Crippen LogP contribution in [0.1, 0.15) is 76.8 Å². The van der Waals surface area contributed by atoms with Crippen LogP contribution in [0.2, 0.25) is 30.1 Å². The van der Waals surface area contributed by atoms with Crippen LogP contribution in [0.5, 0.6) is 0 Å². The normalized spacial score (nSPS) is 25.9. The number of allylic oxidation sites excluding steroid dienone is 2. The Kier molecular flexibility index (Phi) is 14.0. The summed E-state index contributed by atoms with van der Waals surface area (Å²) in [4.78, 5) is 75.7. The largest absolute Gasteiger partial charge is 0.379 e. The van der Waals surface area contributed by atoms with E-state index in [1.54, 1.807) is 92.1 Å². The summed E-state index contributed by atoms with van der Waals surface area (Å²) >= 11 is 36.2. The molecule has 3 aliphatic carbocycles. The van der Waals surface area contributed by atoms with Gasteiger partial charge in [-0.05, 0) is 118 Å². The molecule has 3 aliphatic heterocycles. The van der Waals surface area contributed by atoms with Gasteiger partial charge in [0, 0.05) is 97.7 Å². The Morgan fingerprint density at radius 1 is 0.419 bits per heavy atom. The fourth-order valence-electron chi connectivity index (χ4n) is 11.8. The molecule has 3 amide bonds. The zero-order chi connectivity index (χ0) is 52.3. The van der Waals surface area contributed by atoms with Gasteiger partial charge in [0.15, 0.2) is 11.6 Å². The van der Waals surface area contributed by atoms with E-state index < -0.39 is 22.3 Å². The van der Waals surface area contributed by atoms with E-state index in [1.165, 1.54) is 12.2 Å². The molecule has 16 heteroatoms. The van der Waals surface area contributed by atoms with Crippen LogP contribution in [0.25, 0.3) is 0 Å². The number of amides is 3. The number of benzene rings is 6. The number of carbonyl (C=O) groups is 6. The number of ketones is 3. The van der Waals surface area contributed by atoms with Crippen LogP contribution in [-0.2, 0) is 49.7 Å². The third-order valence-electron chi connectivity index (χ3n) is 15.1. The molecule has 0 radical (unpaired) electrons. The first kappa shape index (κ1) is 51.4. The van der Waals surface area contributed by atoms with Gasteiger partial charge < -0.3 is 20.7 Å². The van der Waals surface area contributed by atoms with Gasteiger partial charge in [-0.2, -0.15) is 0 Å². The molecule has 1 saturated carbocycles. The molecule has 3 spiro atoms. The summed E-state index contributed by atoms with van der Waals surface area (Å²) in [5.74, 6) is -1.23. The Morgan fingerprint density at radius 3 is 1.18 bits per heavy atom. The smallest absolute Gasteiger partial charge is 0.239 e. The van der Waals surface area contributed by atoms with Gasteiger partial charge >= 0.3 is 0 Å². The zero-order valence-corrected chi connectivity index (χ0v) is 43.7. The summed E-state index contributed by atoms with van der Waals surface area (Å²) < 4.78 is 5.69. The molecule has 74 heavy (non-hydrogen) atoms. The lowest BCUT2D eigenvalue weighted by atomic mass is 9.59. The molecule has 7 atom stereocenters. The SMILES string of the molecule is CO[C@H]1CC(=O)C[C@@H](c2ccc(Cl)cc2)[C@]12C(=O)Nc1cc(Cl)ccc12.O=C1C=C[C@@]2(C(=O)Nc3cc(Cl)ccc32)[C@@H](c2ccc(Cl)cc2)C1.O=C1C=C[C@@]2(C(=O)Nc3cc(Cl)ccc32)[C@H](c2ccc(Cl)cc2)C1. The predicted molar refractivity (Wildman–Crippen MR) is 290 cm³/mol. The average molecular weight is 1110 g/mol. The molecule has 6 aliphatic rings. The first-order valence-electron chi connectivity index (χ1n) is 23.6. The van der Waals surface area contributed by atoms with E-state index in [2.05, 4.69) is 16.0 Å². The van der Waals surface area contributed by atoms with Crippen LogP contribution in [0.4, 0.5) is 17.1 Å². The van der Waals surface area contributed by atoms with Crippen molar-refractivity contribution in [2.45, 2.75) is 65.8 Å². The summed E-state index contributed by atoms with van der Waals surface area (Å²) in [5, 5.41) is 12.3. The maximum atomic E-state index is 13.3. The second-order valence-corrected chi connectivity index (χ2v) is 21.6. The third kappa shape index (κ3) is 8.88. The number of anilines is 3. The van der Waals surface area contributed by atoms with E-state index >= 15 is 0 Å². The fraction of sp³-hybridized carbons (Fsp3) is 0.207. The number of nitrogens with one attached hydrogen (secondary N) is 3. The standard InChI is InChI=1S/C20H17Cl2NO3.2C19H13Cl2NO2/c1-26-18-10-14(24)9-16(11-2-4-12(21)5-3-11)20(18)15-7-6-13(22)8-17(15)23-19(20)25;2*20-12-3-1-11(2-4-12)16-10-14(23)7-8-19(16)15-6-5-13(21)9-17(15)22-18(19)24/h2-8,16,18H,9-10H2,1H3,(H,23,25);2*1-9,16H,10H2,(H,22,24)/t16-,18-,20-;16-,19+;16-,19-/m010/s1. The number of halogens is 6. The second kappa shape index (κ2) is 20.2. The molecule has 0 saturated heterocycles. The maximum Gasteiger partial charge on any atom is 0.239 e. The third-order valence-corrected chi connectivity index (χ3v) is 16.6. The van der Waals surface area contributed by atoms with Gasteiger partial charge in [0.1, 0.15) is 22.0 Å². The van der Waals surface area contributed by atoms with Crippen LogP contribution in [-0.4, -0.2) is 48.3 Å². The number of hydrogen-bond acceptors (Lipinski definition) is 7. The average Bonchev–Trinajstić information content (AvgIpc) is 3.93. The number of rotatable bonds is 4. The van der Waals surface area contributed by atoms with E-state index in [0.29, 0.717) is 47.2 Å². The molecule has 0 aromatic heterocycles. The molecule has 1 fully saturated rings. The Hall–Kier alpha value is -6.08. The van der Waals surface area contributed by atoms with Crippen molar-refractivity contribution in [2.24, 2.45) is 0 Å². The summed E-state index contributed by atoms with van der Waals surface area (Å²) in [6.07, 6.45) is 6.95. The van der Waals surface area contributed by atoms with Crippen molar-refractivity contribution in [1.29, 1.82) is 0 Å². The molecule has 3 N–H and O–H groups in total. The monoisotopic (exact) mass is 1100 g/mol. The molecule has 0 bridgehead atoms. The van der Waals surface area contributed by atoms with Gasteiger partial charge in [0.25, 0.3) is 0 Å². The topological polar surface area (TPSA) is 148 Å². The number of Topliss-reactive ketones (excluding diaryl/α,β-unsaturated/α-hetero) is 1. The zero-order valence-electron chi connectivity index (χ0n) is 39.2. The number of fused-ring (bicyclic) bond motifs is 6. The highest BCUT2D eigenvalue weighted by molar-refractivity contribution is 6.33. The quantitative estimate of drug-likeness (QED) is 0.159. The number of carbonyl (C=O) groups excluding carboxylic acids is 6. The first-order chi connectivity index (χ1) is 35.5. The van der Waals surface area contributed by atoms with E-state index in [1.807, 2.05) is 54.6 Å². The van der Waals surface area contributed by atoms with Crippen molar-refractivity contribution < 1.29 is 33.5 Å². The highest BCUT2D eigenvalue weighted by Crippen LogP contribution is 2.56. The molecule has 6 aromatic rings. The summed E-state index contributed by atoms with van der Waals surface area (Å²) in [6.45, 7) is 0. The summed E-state index contributed by atoms with van der Waals surface area (Å²) in [7, 11) is 1.55. The predicted octanol–water partition coefficient (Wildman–Crippen LogP) is 13.3. The Bertz CT molecular complexity index is 3230. The number of methoxy groups -OCH3 is 1. The van der Waals surface area contributed by atoms with Crippen molar-refractivity contribution in [3.05, 3.63) is 215 Å². The summed E-state index contributed by atoms with van der Waals surface area (Å²) in [6, 6.07) is 38.1. The lowest BCUT2D eigenvalue weighted by Gasteiger charge is -2.44. The molecule has 12 rings (SSSR count). The van der Waals surface area contributed by atoms with Crippen LogP contribution in [0.15, 0.2) is 152 Å². The molecule has 6 aromatic carbocycles. The van der Waals surface area contributed by atoms with Gasteiger partial charge in [-0.3, -0.25) is 28.8 Å². The number of ether oxygens (including phenoxy) is 1. The molecule has 3 heterocycles. The Morgan fingerprint density at radius 2 is 0.770 bits per heavy atom. The van der Waals surface area contributed by atoms with Crippen LogP contribution in [0, 0.1) is 0 Å². The second-order valence-electron chi connectivity index (χ2n) is 19.0. The van der Waals surface area contributed by atoms with Crippen LogP contribution < -0.4 is 16.0 Å². The van der Waals surface area contributed by atoms with Gasteiger partial charge in [0.2, 0.25) is 17.7 Å². The van der Waals surface area contributed by atoms with Gasteiger partial charge in [-0.25, -0.2) is 0 Å². The highest BCUT2D eigenvalue weighted by atomic mass is 35.5. The molecular formula is C58H43Cl6N3O7. The van der Waals surface area contributed by atoms with Crippen molar-refractivity contribution in [3.63, 3.8) is 0 Å². The van der Waals surface area contributed by atoms with Crippen LogP contribution in [0.3, 0.4) is 0 Å². The van der Waals surface area contributed by atoms with Crippen molar-refractivity contribution in [3.8, 4) is 0 Å². The lowest BCUT2D eigenvalue weighted by molar-refractivity contribution is -0.137. The van der Waals surface area contributed by atoms with Gasteiger partial charge in [0.05, 0.1) is 6.10 Å². The summed E-state index contributed by atoms with van der Waals surface area (Å²) in [5.41, 5.74) is 4.54. The van der Waals surface area contributed by atoms with Crippen LogP contribution >= 0.6 is 69.6 Å². The molecule has 10 nitrogen and oxygen atoms in total. The Balaban J connectivity index is 0.000000127. The Labute approximate surface area is 456 Å².